The van der Waals surface area contributed by atoms with Crippen LogP contribution in [-0.2, 0) is 37.9 Å². The van der Waals surface area contributed by atoms with Crippen LogP contribution < -0.4 is 31.8 Å². The Morgan fingerprint density at radius 1 is 0.426 bits per heavy atom. The van der Waals surface area contributed by atoms with Crippen LogP contribution in [-0.4, -0.2) is 31.7 Å². The summed E-state index contributed by atoms with van der Waals surface area (Å²) in [6.45, 7) is 2.23. The van der Waals surface area contributed by atoms with Crippen LogP contribution in [0.1, 0.15) is 19.8 Å². The van der Waals surface area contributed by atoms with Gasteiger partial charge in [-0.15, -0.1) is 0 Å². The van der Waals surface area contributed by atoms with E-state index in [1.807, 2.05) is 182 Å². The number of benzene rings is 6. The van der Waals surface area contributed by atoms with Crippen LogP contribution in [0.4, 0.5) is 0 Å². The molecule has 0 saturated heterocycles. The van der Waals surface area contributed by atoms with Crippen molar-refractivity contribution in [2.75, 3.05) is 0 Å². The van der Waals surface area contributed by atoms with Gasteiger partial charge < -0.3 is 47.0 Å². The van der Waals surface area contributed by atoms with Gasteiger partial charge in [0.2, 0.25) is 0 Å². The summed E-state index contributed by atoms with van der Waals surface area (Å²) in [5.74, 6) is 0. The van der Waals surface area contributed by atoms with E-state index >= 15 is 0 Å². The van der Waals surface area contributed by atoms with Gasteiger partial charge in [0, 0.05) is 0 Å². The molecule has 0 saturated carbocycles. The van der Waals surface area contributed by atoms with E-state index in [9.17, 15) is 9.13 Å². The van der Waals surface area contributed by atoms with Crippen molar-refractivity contribution in [3.8, 4) is 16.2 Å². The number of rotatable bonds is 8. The van der Waals surface area contributed by atoms with Crippen molar-refractivity contribution in [3.05, 3.63) is 182 Å². The van der Waals surface area contributed by atoms with Gasteiger partial charge >= 0.3 is 61.0 Å². The molecule has 54 heavy (non-hydrogen) atoms. The summed E-state index contributed by atoms with van der Waals surface area (Å²) in [6, 6.07) is 59.7. The number of unbranched alkanes of at least 4 members (excludes halogenated alkanes) is 1. The smallest absolute Gasteiger partial charge is 0.315 e. The molecule has 0 fully saturated rings. The maximum Gasteiger partial charge on any atom is 0.315 e. The topological polar surface area (TPSA) is 114 Å². The molecule has 0 aliphatic carbocycles. The standard InChI is InChI=1S/2C18H15OP.C4H9.3CHNS.Sn/c2*19-20(16-10-4-1-5-11-16,17-12-6-2-7-13-17)18-14-8-3-9-15-18;1-3-4-2;3*2-1-3;/h2*1-15H;1,3-4H2,2H3;3*3H;/q;;;;;;+3/p-1. The molecule has 6 aromatic rings. The predicted molar refractivity (Wildman–Crippen MR) is 239 cm³/mol. The Bertz CT molecular complexity index is 1710. The second-order valence-corrected chi connectivity index (χ2v) is 18.3. The van der Waals surface area contributed by atoms with Crippen LogP contribution >= 0.6 is 14.3 Å². The van der Waals surface area contributed by atoms with Crippen molar-refractivity contribution in [3.63, 3.8) is 0 Å². The summed E-state index contributed by atoms with van der Waals surface area (Å²) in [6.07, 6.45) is 2.80. The molecule has 0 amide bonds. The Hall–Kier alpha value is -4.29. The van der Waals surface area contributed by atoms with Crippen molar-refractivity contribution in [2.45, 2.75) is 24.2 Å². The van der Waals surface area contributed by atoms with E-state index in [0.717, 1.165) is 31.8 Å². The molecule has 0 atom stereocenters. The van der Waals surface area contributed by atoms with Gasteiger partial charge in [0.05, 0.1) is 31.8 Å². The third-order valence-electron chi connectivity index (χ3n) is 7.31. The third kappa shape index (κ3) is 15.6. The number of nitriles is 3. The molecule has 0 unspecified atom stereocenters. The number of thiocyanates is 3. The van der Waals surface area contributed by atoms with E-state index in [4.69, 9.17) is 15.8 Å². The second-order valence-electron chi connectivity index (χ2n) is 10.7. The van der Waals surface area contributed by atoms with Crippen LogP contribution in [0.3, 0.4) is 0 Å². The van der Waals surface area contributed by atoms with Gasteiger partial charge in [-0.05, 0) is 72.8 Å². The van der Waals surface area contributed by atoms with Crippen LogP contribution in [0, 0.1) is 32.0 Å². The average Bonchev–Trinajstić information content (AvgIpc) is 3.24. The molecule has 2 N–H and O–H groups in total. The summed E-state index contributed by atoms with van der Waals surface area (Å²) in [5, 5.41) is 31.3. The zero-order valence-corrected chi connectivity index (χ0v) is 36.9. The molecular formula is C43H41N3O2P2S3Sn+2. The van der Waals surface area contributed by atoms with E-state index < -0.39 is 14.3 Å². The zero-order chi connectivity index (χ0) is 39.9. The molecular weight excluding hydrogens is 867 g/mol. The largest absolute Gasteiger partial charge is 0.696 e. The molecule has 0 aliphatic rings. The van der Waals surface area contributed by atoms with Crippen molar-refractivity contribution in [1.29, 1.82) is 15.8 Å². The number of nitrogens with zero attached hydrogens (tertiary/aromatic N) is 3. The average molecular weight is 909 g/mol. The predicted octanol–water partition coefficient (Wildman–Crippen LogP) is 7.95. The molecule has 5 nitrogen and oxygen atoms in total. The van der Waals surface area contributed by atoms with Gasteiger partial charge in [-0.25, -0.2) is 15.8 Å². The van der Waals surface area contributed by atoms with Gasteiger partial charge in [0.15, 0.2) is 0 Å². The van der Waals surface area contributed by atoms with E-state index in [0.29, 0.717) is 0 Å². The molecule has 270 valence electrons. The molecule has 11 heteroatoms. The fraction of sp³-hybridized carbons (Fsp3) is 0.0930. The number of hydrogen-bond acceptors (Lipinski definition) is 6. The normalized spacial score (nSPS) is 9.48. The molecule has 0 aliphatic heterocycles. The van der Waals surface area contributed by atoms with Gasteiger partial charge in [-0.3, -0.25) is 0 Å². The van der Waals surface area contributed by atoms with Gasteiger partial charge in [-0.1, -0.05) is 125 Å². The van der Waals surface area contributed by atoms with Gasteiger partial charge in [0.25, 0.3) is 0 Å². The Morgan fingerprint density at radius 2 is 0.574 bits per heavy atom. The summed E-state index contributed by atoms with van der Waals surface area (Å²) >= 11 is 12.8. The Kier molecular flexibility index (Phi) is 25.7. The van der Waals surface area contributed by atoms with Gasteiger partial charge in [-0.2, -0.15) is 0 Å². The first-order valence-corrected chi connectivity index (χ1v) is 23.3. The van der Waals surface area contributed by atoms with Crippen molar-refractivity contribution < 1.29 is 9.13 Å². The van der Waals surface area contributed by atoms with Crippen LogP contribution in [0.5, 0.6) is 0 Å². The zero-order valence-electron chi connectivity index (χ0n) is 29.8. The van der Waals surface area contributed by atoms with Crippen molar-refractivity contribution in [2.24, 2.45) is 0 Å². The molecule has 6 rings (SSSR count). The molecule has 0 spiro atoms. The summed E-state index contributed by atoms with van der Waals surface area (Å²) < 4.78 is 24.5. The summed E-state index contributed by atoms with van der Waals surface area (Å²) in [5.41, 5.74) is 0. The van der Waals surface area contributed by atoms with Crippen LogP contribution in [0.15, 0.2) is 182 Å². The van der Waals surface area contributed by atoms with E-state index in [1.165, 1.54) is 33.5 Å². The monoisotopic (exact) mass is 909 g/mol. The molecule has 0 aromatic heterocycles. The number of hydrogen-bond donors (Lipinski definition) is 0. The molecule has 0 radical (unpaired) electrons. The molecule has 0 bridgehead atoms. The maximum atomic E-state index is 11.5. The Labute approximate surface area is 351 Å². The third-order valence-corrected chi connectivity index (χ3v) is 14.6. The fourth-order valence-corrected chi connectivity index (χ4v) is 11.4. The fourth-order valence-electron chi connectivity index (χ4n) is 4.93. The van der Waals surface area contributed by atoms with E-state index in [2.05, 4.69) is 44.8 Å². The van der Waals surface area contributed by atoms with Crippen LogP contribution in [0.25, 0.3) is 0 Å². The van der Waals surface area contributed by atoms with Crippen molar-refractivity contribution in [1.82, 2.24) is 0 Å². The first-order chi connectivity index (χ1) is 26.3. The maximum absolute atomic E-state index is 11.5. The SMILES string of the molecule is CCC[CH2][Sn+3].N#C[S-].N#C[S-].N#C[S-].[OH+]=P(c1ccccc1)(c1ccccc1)c1ccccc1.[OH+]=P(c1ccccc1)(c1ccccc1)c1ccccc1. The Balaban J connectivity index is 0.000000403. The second kappa shape index (κ2) is 29.1. The van der Waals surface area contributed by atoms with E-state index in [1.54, 1.807) is 22.5 Å². The van der Waals surface area contributed by atoms with E-state index in [-0.39, 0.29) is 0 Å². The van der Waals surface area contributed by atoms with Gasteiger partial charge in [0.1, 0.15) is 0 Å². The Morgan fingerprint density at radius 3 is 0.667 bits per heavy atom. The first kappa shape index (κ1) is 47.7. The van der Waals surface area contributed by atoms with Crippen molar-refractivity contribution >= 4 is 107 Å². The quantitative estimate of drug-likeness (QED) is 0.0504. The summed E-state index contributed by atoms with van der Waals surface area (Å²) in [4.78, 5) is 0. The first-order valence-electron chi connectivity index (χ1n) is 16.5. The minimum absolute atomic E-state index is 0.984. The molecule has 0 heterocycles. The minimum Gasteiger partial charge on any atom is -0.696 e. The van der Waals surface area contributed by atoms with Crippen LogP contribution in [0.2, 0.25) is 4.44 Å². The molecule has 6 aromatic carbocycles. The summed E-state index contributed by atoms with van der Waals surface area (Å²) in [7, 11) is -5.05. The minimum atomic E-state index is -2.53.